The van der Waals surface area contributed by atoms with Crippen LogP contribution in [0.2, 0.25) is 5.02 Å². The van der Waals surface area contributed by atoms with Gasteiger partial charge < -0.3 is 5.32 Å². The molecule has 6 heteroatoms. The largest absolute Gasteiger partial charge is 0.304 e. The molecule has 19 heavy (non-hydrogen) atoms. The maximum absolute atomic E-state index is 6.25. The Kier molecular flexibility index (Phi) is 4.87. The lowest BCUT2D eigenvalue weighted by Crippen LogP contribution is -2.26. The summed E-state index contributed by atoms with van der Waals surface area (Å²) in [6.45, 7) is 5.82. The van der Waals surface area contributed by atoms with Crippen LogP contribution in [0.4, 0.5) is 0 Å². The second-order valence-corrected chi connectivity index (χ2v) is 4.65. The molecule has 0 bridgehead atoms. The lowest BCUT2D eigenvalue weighted by atomic mass is 10.1. The van der Waals surface area contributed by atoms with Crippen molar-refractivity contribution in [3.05, 3.63) is 40.9 Å². The molecule has 2 aromatic heterocycles. The SMILES string of the molecule is CCCn1nncc1C(NCC)c1ncccc1Cl. The van der Waals surface area contributed by atoms with Crippen LogP contribution in [0.3, 0.4) is 0 Å². The van der Waals surface area contributed by atoms with Gasteiger partial charge >= 0.3 is 0 Å². The molecule has 0 aliphatic heterocycles. The lowest BCUT2D eigenvalue weighted by molar-refractivity contribution is 0.506. The van der Waals surface area contributed by atoms with E-state index in [1.165, 1.54) is 0 Å². The number of nitrogens with one attached hydrogen (secondary N) is 1. The van der Waals surface area contributed by atoms with Crippen LogP contribution in [0.25, 0.3) is 0 Å². The summed E-state index contributed by atoms with van der Waals surface area (Å²) in [6.07, 6.45) is 4.53. The molecule has 2 rings (SSSR count). The standard InChI is InChI=1S/C13H18ClN5/c1-3-8-19-11(9-17-18-19)13(15-4-2)12-10(14)6-5-7-16-12/h5-7,9,13,15H,3-4,8H2,1-2H3. The van der Waals surface area contributed by atoms with E-state index in [1.807, 2.05) is 16.8 Å². The van der Waals surface area contributed by atoms with Gasteiger partial charge in [0.15, 0.2) is 0 Å². The third-order valence-electron chi connectivity index (χ3n) is 2.85. The zero-order valence-corrected chi connectivity index (χ0v) is 11.9. The zero-order chi connectivity index (χ0) is 13.7. The van der Waals surface area contributed by atoms with Gasteiger partial charge in [-0.2, -0.15) is 0 Å². The molecule has 1 N–H and O–H groups in total. The van der Waals surface area contributed by atoms with Crippen molar-refractivity contribution in [3.63, 3.8) is 0 Å². The van der Waals surface area contributed by atoms with Gasteiger partial charge in [-0.3, -0.25) is 4.98 Å². The van der Waals surface area contributed by atoms with Gasteiger partial charge in [0, 0.05) is 12.7 Å². The first kappa shape index (κ1) is 14.0. The van der Waals surface area contributed by atoms with Crippen LogP contribution in [0, 0.1) is 0 Å². The molecule has 0 fully saturated rings. The second-order valence-electron chi connectivity index (χ2n) is 4.24. The molecule has 1 atom stereocenters. The molecule has 0 saturated heterocycles. The van der Waals surface area contributed by atoms with Crippen LogP contribution >= 0.6 is 11.6 Å². The molecule has 0 amide bonds. The van der Waals surface area contributed by atoms with Crippen molar-refractivity contribution in [1.82, 2.24) is 25.3 Å². The topological polar surface area (TPSA) is 55.6 Å². The van der Waals surface area contributed by atoms with Gasteiger partial charge in [-0.1, -0.05) is 30.7 Å². The van der Waals surface area contributed by atoms with Gasteiger partial charge in [-0.15, -0.1) is 5.10 Å². The maximum atomic E-state index is 6.25. The van der Waals surface area contributed by atoms with E-state index < -0.39 is 0 Å². The average molecular weight is 280 g/mol. The first-order chi connectivity index (χ1) is 9.27. The monoisotopic (exact) mass is 279 g/mol. The predicted molar refractivity (Wildman–Crippen MR) is 75.1 cm³/mol. The van der Waals surface area contributed by atoms with Gasteiger partial charge in [0.05, 0.1) is 28.6 Å². The number of halogens is 1. The Morgan fingerprint density at radius 2 is 2.26 bits per heavy atom. The quantitative estimate of drug-likeness (QED) is 0.882. The first-order valence-electron chi connectivity index (χ1n) is 6.50. The van der Waals surface area contributed by atoms with Crippen molar-refractivity contribution in [2.45, 2.75) is 32.9 Å². The van der Waals surface area contributed by atoms with Crippen LogP contribution in [-0.4, -0.2) is 26.5 Å². The number of rotatable bonds is 6. The van der Waals surface area contributed by atoms with Crippen molar-refractivity contribution in [2.75, 3.05) is 6.54 Å². The molecule has 2 aromatic rings. The van der Waals surface area contributed by atoms with Gasteiger partial charge in [-0.25, -0.2) is 4.68 Å². The summed E-state index contributed by atoms with van der Waals surface area (Å²) in [7, 11) is 0. The van der Waals surface area contributed by atoms with E-state index in [-0.39, 0.29) is 6.04 Å². The van der Waals surface area contributed by atoms with Gasteiger partial charge in [0.1, 0.15) is 0 Å². The van der Waals surface area contributed by atoms with E-state index in [2.05, 4.69) is 34.5 Å². The Hall–Kier alpha value is -1.46. The van der Waals surface area contributed by atoms with Crippen molar-refractivity contribution >= 4 is 11.6 Å². The number of hydrogen-bond donors (Lipinski definition) is 1. The van der Waals surface area contributed by atoms with Gasteiger partial charge in [0.25, 0.3) is 0 Å². The van der Waals surface area contributed by atoms with Gasteiger partial charge in [0.2, 0.25) is 0 Å². The summed E-state index contributed by atoms with van der Waals surface area (Å²) in [6, 6.07) is 3.60. The fourth-order valence-electron chi connectivity index (χ4n) is 2.03. The Bertz CT molecular complexity index is 525. The summed E-state index contributed by atoms with van der Waals surface area (Å²) in [5, 5.41) is 12.2. The molecule has 1 unspecified atom stereocenters. The average Bonchev–Trinajstić information content (AvgIpc) is 2.86. The van der Waals surface area contributed by atoms with Crippen molar-refractivity contribution in [1.29, 1.82) is 0 Å². The van der Waals surface area contributed by atoms with E-state index in [1.54, 1.807) is 12.4 Å². The van der Waals surface area contributed by atoms with Crippen LogP contribution in [-0.2, 0) is 6.54 Å². The maximum Gasteiger partial charge on any atom is 0.0953 e. The van der Waals surface area contributed by atoms with E-state index in [0.717, 1.165) is 30.9 Å². The molecule has 102 valence electrons. The van der Waals surface area contributed by atoms with Crippen LogP contribution in [0.5, 0.6) is 0 Å². The highest BCUT2D eigenvalue weighted by atomic mass is 35.5. The minimum absolute atomic E-state index is 0.0831. The molecule has 0 aliphatic rings. The Morgan fingerprint density at radius 3 is 2.95 bits per heavy atom. The molecule has 5 nitrogen and oxygen atoms in total. The van der Waals surface area contributed by atoms with Gasteiger partial charge in [-0.05, 0) is 25.1 Å². The number of aryl methyl sites for hydroxylation is 1. The summed E-state index contributed by atoms with van der Waals surface area (Å²) >= 11 is 6.25. The summed E-state index contributed by atoms with van der Waals surface area (Å²) in [4.78, 5) is 4.39. The second kappa shape index (κ2) is 6.63. The Labute approximate surface area is 118 Å². The highest BCUT2D eigenvalue weighted by molar-refractivity contribution is 6.31. The fourth-order valence-corrected chi connectivity index (χ4v) is 2.26. The minimum atomic E-state index is -0.0831. The van der Waals surface area contributed by atoms with Crippen LogP contribution in [0.1, 0.15) is 37.7 Å². The molecule has 0 spiro atoms. The molecule has 0 aliphatic carbocycles. The molecule has 2 heterocycles. The lowest BCUT2D eigenvalue weighted by Gasteiger charge is -2.19. The highest BCUT2D eigenvalue weighted by Gasteiger charge is 2.21. The van der Waals surface area contributed by atoms with Crippen LogP contribution < -0.4 is 5.32 Å². The van der Waals surface area contributed by atoms with Crippen molar-refractivity contribution in [2.24, 2.45) is 0 Å². The summed E-state index contributed by atoms with van der Waals surface area (Å²) in [5.41, 5.74) is 1.80. The van der Waals surface area contributed by atoms with E-state index >= 15 is 0 Å². The molecule has 0 aromatic carbocycles. The molecule has 0 radical (unpaired) electrons. The highest BCUT2D eigenvalue weighted by Crippen LogP contribution is 2.25. The molecular weight excluding hydrogens is 262 g/mol. The summed E-state index contributed by atoms with van der Waals surface area (Å²) < 4.78 is 1.90. The Morgan fingerprint density at radius 1 is 1.42 bits per heavy atom. The number of hydrogen-bond acceptors (Lipinski definition) is 4. The van der Waals surface area contributed by atoms with Crippen molar-refractivity contribution < 1.29 is 0 Å². The van der Waals surface area contributed by atoms with E-state index in [0.29, 0.717) is 5.02 Å². The van der Waals surface area contributed by atoms with Crippen LogP contribution in [0.15, 0.2) is 24.5 Å². The van der Waals surface area contributed by atoms with E-state index in [4.69, 9.17) is 11.6 Å². The van der Waals surface area contributed by atoms with E-state index in [9.17, 15) is 0 Å². The Balaban J connectivity index is 2.40. The minimum Gasteiger partial charge on any atom is -0.304 e. The third kappa shape index (κ3) is 3.11. The first-order valence-corrected chi connectivity index (χ1v) is 6.87. The zero-order valence-electron chi connectivity index (χ0n) is 11.2. The smallest absolute Gasteiger partial charge is 0.0953 e. The normalized spacial score (nSPS) is 12.6. The predicted octanol–water partition coefficient (Wildman–Crippen LogP) is 2.44. The van der Waals surface area contributed by atoms with Crippen molar-refractivity contribution in [3.8, 4) is 0 Å². The number of pyridine rings is 1. The molecular formula is C13H18ClN5. The molecule has 0 saturated carbocycles. The third-order valence-corrected chi connectivity index (χ3v) is 3.17. The number of aromatic nitrogens is 4. The fraction of sp³-hybridized carbons (Fsp3) is 0.462. The summed E-state index contributed by atoms with van der Waals surface area (Å²) in [5.74, 6) is 0. The number of nitrogens with zero attached hydrogens (tertiary/aromatic N) is 4.